The maximum Gasteiger partial charge on any atom is 0.430 e. The molecule has 1 aromatic heterocycles. The summed E-state index contributed by atoms with van der Waals surface area (Å²) in [6.07, 6.45) is 1.38. The van der Waals surface area contributed by atoms with Gasteiger partial charge in [-0.25, -0.2) is 4.79 Å². The molecule has 6 heteroatoms. The van der Waals surface area contributed by atoms with Gasteiger partial charge in [-0.2, -0.15) is 0 Å². The van der Waals surface area contributed by atoms with Crippen LogP contribution in [-0.2, 0) is 4.74 Å². The van der Waals surface area contributed by atoms with Crippen molar-refractivity contribution in [2.75, 3.05) is 24.8 Å². The smallest absolute Gasteiger partial charge is 0.377 e. The number of aromatic amines is 1. The standard InChI is InChI=1S/C8H13N3O3/c1-8(2)6-13-4-3-10(8)11-5-7(12)14-9-11/h5H,3-4,6H2,1-2H3/p+1. The van der Waals surface area contributed by atoms with Gasteiger partial charge in [0.25, 0.3) is 0 Å². The van der Waals surface area contributed by atoms with E-state index in [0.717, 1.165) is 6.54 Å². The van der Waals surface area contributed by atoms with E-state index < -0.39 is 0 Å². The fraction of sp³-hybridized carbons (Fsp3) is 0.750. The van der Waals surface area contributed by atoms with Crippen LogP contribution in [0.15, 0.2) is 15.5 Å². The summed E-state index contributed by atoms with van der Waals surface area (Å²) in [6.45, 7) is 6.11. The summed E-state index contributed by atoms with van der Waals surface area (Å²) in [6, 6.07) is 0. The van der Waals surface area contributed by atoms with Gasteiger partial charge in [-0.3, -0.25) is 4.52 Å². The molecule has 6 nitrogen and oxygen atoms in total. The molecule has 1 N–H and O–H groups in total. The first kappa shape index (κ1) is 9.26. The van der Waals surface area contributed by atoms with Crippen LogP contribution < -0.4 is 15.4 Å². The highest BCUT2D eigenvalue weighted by molar-refractivity contribution is 4.95. The third-order valence-electron chi connectivity index (χ3n) is 2.33. The topological polar surface area (TPSA) is 62.4 Å². The van der Waals surface area contributed by atoms with Crippen molar-refractivity contribution < 1.29 is 14.1 Å². The number of rotatable bonds is 1. The second-order valence-corrected chi connectivity index (χ2v) is 3.97. The Morgan fingerprint density at radius 2 is 2.43 bits per heavy atom. The maximum absolute atomic E-state index is 10.9. The normalized spacial score (nSPS) is 21.1. The summed E-state index contributed by atoms with van der Waals surface area (Å²) in [5.41, 5.74) is -0.525. The molecule has 1 fully saturated rings. The minimum absolute atomic E-state index is 0.143. The molecule has 0 spiro atoms. The Morgan fingerprint density at radius 3 is 3.00 bits per heavy atom. The average molecular weight is 200 g/mol. The van der Waals surface area contributed by atoms with E-state index >= 15 is 0 Å². The van der Waals surface area contributed by atoms with Crippen molar-refractivity contribution in [2.45, 2.75) is 19.4 Å². The average Bonchev–Trinajstić information content (AvgIpc) is 2.51. The molecule has 78 valence electrons. The van der Waals surface area contributed by atoms with Gasteiger partial charge >= 0.3 is 11.8 Å². The molecule has 0 radical (unpaired) electrons. The Morgan fingerprint density at radius 1 is 1.64 bits per heavy atom. The van der Waals surface area contributed by atoms with Crippen LogP contribution in [0.25, 0.3) is 0 Å². The predicted octanol–water partition coefficient (Wildman–Crippen LogP) is -0.998. The van der Waals surface area contributed by atoms with Crippen LogP contribution in [0.2, 0.25) is 0 Å². The zero-order chi connectivity index (χ0) is 10.2. The number of morpholine rings is 1. The first-order valence-corrected chi connectivity index (χ1v) is 4.55. The molecule has 0 atom stereocenters. The molecule has 1 saturated heterocycles. The van der Waals surface area contributed by atoms with E-state index in [4.69, 9.17) is 4.74 Å². The fourth-order valence-corrected chi connectivity index (χ4v) is 1.61. The van der Waals surface area contributed by atoms with Gasteiger partial charge in [-0.05, 0) is 13.8 Å². The highest BCUT2D eigenvalue weighted by Gasteiger charge is 2.37. The number of nitrogens with zero attached hydrogens (tertiary/aromatic N) is 2. The van der Waals surface area contributed by atoms with Crippen molar-refractivity contribution in [3.8, 4) is 0 Å². The SMILES string of the molecule is CC1(C)COCCN1[n+]1cc(=O)o[nH]1. The van der Waals surface area contributed by atoms with Crippen molar-refractivity contribution in [2.24, 2.45) is 0 Å². The van der Waals surface area contributed by atoms with Crippen molar-refractivity contribution >= 4 is 0 Å². The monoisotopic (exact) mass is 200 g/mol. The lowest BCUT2D eigenvalue weighted by atomic mass is 10.1. The quantitative estimate of drug-likeness (QED) is 0.591. The molecule has 0 unspecified atom stereocenters. The van der Waals surface area contributed by atoms with E-state index in [-0.39, 0.29) is 11.2 Å². The van der Waals surface area contributed by atoms with E-state index in [1.807, 2.05) is 18.9 Å². The van der Waals surface area contributed by atoms with Gasteiger partial charge in [0.1, 0.15) is 5.54 Å². The van der Waals surface area contributed by atoms with Gasteiger partial charge in [0.15, 0.2) is 0 Å². The Balaban J connectivity index is 2.28. The van der Waals surface area contributed by atoms with Crippen LogP contribution in [0.1, 0.15) is 13.8 Å². The Labute approximate surface area is 81.0 Å². The van der Waals surface area contributed by atoms with Crippen molar-refractivity contribution in [3.63, 3.8) is 0 Å². The van der Waals surface area contributed by atoms with Gasteiger partial charge in [-0.15, -0.1) is 5.01 Å². The molecule has 2 rings (SSSR count). The highest BCUT2D eigenvalue weighted by Crippen LogP contribution is 2.13. The third kappa shape index (κ3) is 1.52. The van der Waals surface area contributed by atoms with E-state index in [0.29, 0.717) is 13.2 Å². The largest absolute Gasteiger partial charge is 0.430 e. The molecule has 0 aromatic carbocycles. The zero-order valence-corrected chi connectivity index (χ0v) is 8.32. The van der Waals surface area contributed by atoms with E-state index in [1.165, 1.54) is 6.20 Å². The molecule has 1 aromatic rings. The summed E-state index contributed by atoms with van der Waals surface area (Å²) in [5.74, 6) is 0. The first-order valence-electron chi connectivity index (χ1n) is 4.55. The van der Waals surface area contributed by atoms with Crippen LogP contribution in [0, 0.1) is 0 Å². The number of hydrogen-bond donors (Lipinski definition) is 1. The summed E-state index contributed by atoms with van der Waals surface area (Å²) in [7, 11) is 0. The zero-order valence-electron chi connectivity index (χ0n) is 8.32. The van der Waals surface area contributed by atoms with Crippen LogP contribution in [0.3, 0.4) is 0 Å². The predicted molar refractivity (Wildman–Crippen MR) is 47.5 cm³/mol. The van der Waals surface area contributed by atoms with E-state index in [9.17, 15) is 4.79 Å². The van der Waals surface area contributed by atoms with Gasteiger partial charge < -0.3 is 4.74 Å². The molecular weight excluding hydrogens is 186 g/mol. The minimum atomic E-state index is -0.382. The number of hydrogen-bond acceptors (Lipinski definition) is 4. The molecule has 0 amide bonds. The van der Waals surface area contributed by atoms with Gasteiger partial charge in [0.05, 0.1) is 19.8 Å². The van der Waals surface area contributed by atoms with Gasteiger partial charge in [0, 0.05) is 10.1 Å². The van der Waals surface area contributed by atoms with Crippen LogP contribution in [0.4, 0.5) is 0 Å². The fourth-order valence-electron chi connectivity index (χ4n) is 1.61. The Bertz CT molecular complexity index is 368. The van der Waals surface area contributed by atoms with E-state index in [1.54, 1.807) is 4.79 Å². The lowest BCUT2D eigenvalue weighted by Crippen LogP contribution is -2.72. The van der Waals surface area contributed by atoms with Gasteiger partial charge in [-0.1, -0.05) is 0 Å². The van der Waals surface area contributed by atoms with Gasteiger partial charge in [0.2, 0.25) is 0 Å². The molecule has 0 aliphatic carbocycles. The summed E-state index contributed by atoms with van der Waals surface area (Å²) >= 11 is 0. The Kier molecular flexibility index (Phi) is 2.07. The van der Waals surface area contributed by atoms with Crippen LogP contribution >= 0.6 is 0 Å². The molecule has 14 heavy (non-hydrogen) atoms. The van der Waals surface area contributed by atoms with Crippen molar-refractivity contribution in [3.05, 3.63) is 16.6 Å². The molecule has 2 heterocycles. The lowest BCUT2D eigenvalue weighted by Gasteiger charge is -2.35. The highest BCUT2D eigenvalue weighted by atomic mass is 16.5. The number of ether oxygens (including phenoxy) is 1. The summed E-state index contributed by atoms with van der Waals surface area (Å²) in [4.78, 5) is 12.4. The lowest BCUT2D eigenvalue weighted by molar-refractivity contribution is -0.767. The minimum Gasteiger partial charge on any atom is -0.377 e. The summed E-state index contributed by atoms with van der Waals surface area (Å²) in [5, 5.41) is 4.53. The first-order chi connectivity index (χ1) is 6.59. The molecule has 0 saturated carbocycles. The maximum atomic E-state index is 10.9. The molecule has 1 aliphatic rings. The summed E-state index contributed by atoms with van der Waals surface area (Å²) < 4.78 is 9.98. The number of H-pyrrole nitrogens is 1. The molecule has 1 aliphatic heterocycles. The van der Waals surface area contributed by atoms with Crippen LogP contribution in [0.5, 0.6) is 0 Å². The Hall–Kier alpha value is -1.30. The number of nitrogens with one attached hydrogen (secondary N) is 1. The van der Waals surface area contributed by atoms with E-state index in [2.05, 4.69) is 9.79 Å². The van der Waals surface area contributed by atoms with Crippen molar-refractivity contribution in [1.29, 1.82) is 0 Å². The third-order valence-corrected chi connectivity index (χ3v) is 2.33. The number of aromatic nitrogens is 2. The second-order valence-electron chi connectivity index (χ2n) is 3.97. The second kappa shape index (κ2) is 3.13. The van der Waals surface area contributed by atoms with Crippen LogP contribution in [-0.4, -0.2) is 30.6 Å². The molecular formula is C8H14N3O3+. The molecule has 0 bridgehead atoms. The van der Waals surface area contributed by atoms with Crippen molar-refractivity contribution in [1.82, 2.24) is 5.27 Å².